The van der Waals surface area contributed by atoms with E-state index in [4.69, 9.17) is 19.7 Å². The number of ether oxygens (including phenoxy) is 2. The Morgan fingerprint density at radius 2 is 1.00 bits per heavy atom. The van der Waals surface area contributed by atoms with Crippen LogP contribution >= 0.6 is 0 Å². The summed E-state index contributed by atoms with van der Waals surface area (Å²) in [6, 6.07) is 0. The number of carbonyl (C=O) groups is 2. The fourth-order valence-corrected chi connectivity index (χ4v) is 0.736. The topological polar surface area (TPSA) is 93.1 Å². The molecule has 0 rings (SSSR count). The zero-order valence-electron chi connectivity index (χ0n) is 14.3. The Kier molecular flexibility index (Phi) is 14.7. The highest BCUT2D eigenvalue weighted by Crippen LogP contribution is 2.02. The second kappa shape index (κ2) is 12.8. The summed E-state index contributed by atoms with van der Waals surface area (Å²) in [5, 5.41) is 17.9. The summed E-state index contributed by atoms with van der Waals surface area (Å²) in [5.41, 5.74) is 0.690. The first-order valence-electron chi connectivity index (χ1n) is 6.99. The molecule has 136 valence electrons. The monoisotopic (exact) mass is 332 g/mol. The first kappa shape index (κ1) is 26.2. The van der Waals surface area contributed by atoms with Gasteiger partial charge < -0.3 is 19.7 Å². The molecular formula is C17H32O6. The summed E-state index contributed by atoms with van der Waals surface area (Å²) in [5.74, 6) is -0.920. The van der Waals surface area contributed by atoms with Crippen molar-refractivity contribution in [3.63, 3.8) is 0 Å². The van der Waals surface area contributed by atoms with Gasteiger partial charge in [0.25, 0.3) is 0 Å². The average molecular weight is 332 g/mol. The van der Waals surface area contributed by atoms with Crippen molar-refractivity contribution in [2.45, 2.75) is 73.4 Å². The van der Waals surface area contributed by atoms with Crippen molar-refractivity contribution in [1.29, 1.82) is 0 Å². The Balaban J connectivity index is -0.000000333. The molecule has 0 amide bonds. The van der Waals surface area contributed by atoms with E-state index in [0.717, 1.165) is 0 Å². The molecule has 6 nitrogen and oxygen atoms in total. The molecule has 0 aliphatic heterocycles. The molecule has 4 atom stereocenters. The van der Waals surface area contributed by atoms with Crippen LogP contribution in [0.5, 0.6) is 0 Å². The molecule has 0 spiro atoms. The number of hydrogen-bond acceptors (Lipinski definition) is 6. The molecule has 0 aromatic heterocycles. The van der Waals surface area contributed by atoms with Crippen molar-refractivity contribution in [1.82, 2.24) is 0 Å². The van der Waals surface area contributed by atoms with Crippen LogP contribution in [0.1, 0.15) is 49.0 Å². The van der Waals surface area contributed by atoms with Gasteiger partial charge in [0, 0.05) is 11.1 Å². The van der Waals surface area contributed by atoms with Gasteiger partial charge in [-0.2, -0.15) is 0 Å². The van der Waals surface area contributed by atoms with E-state index in [9.17, 15) is 9.59 Å². The normalized spacial score (nSPS) is 14.6. The molecule has 0 saturated heterocycles. The number of aliphatic hydroxyl groups excluding tert-OH is 2. The van der Waals surface area contributed by atoms with Gasteiger partial charge in [0.15, 0.2) is 0 Å². The van der Waals surface area contributed by atoms with Gasteiger partial charge in [-0.15, -0.1) is 0 Å². The standard InChI is InChI=1S/2C8H14O3.CH4/c2*1-5(2)8(10)11-7(4)6(3)9;/h2*6-7,9H,1H2,2-4H3;1H4. The number of hydrogen-bond donors (Lipinski definition) is 2. The van der Waals surface area contributed by atoms with Crippen LogP contribution in [0.15, 0.2) is 24.3 Å². The third-order valence-electron chi connectivity index (χ3n) is 2.64. The van der Waals surface area contributed by atoms with Crippen LogP contribution in [-0.4, -0.2) is 46.6 Å². The molecule has 0 saturated carbocycles. The minimum Gasteiger partial charge on any atom is -0.457 e. The highest BCUT2D eigenvalue weighted by Gasteiger charge is 2.14. The summed E-state index contributed by atoms with van der Waals surface area (Å²) < 4.78 is 9.57. The van der Waals surface area contributed by atoms with Crippen molar-refractivity contribution in [3.8, 4) is 0 Å². The van der Waals surface area contributed by atoms with Crippen molar-refractivity contribution >= 4 is 11.9 Å². The van der Waals surface area contributed by atoms with E-state index in [-0.39, 0.29) is 7.43 Å². The lowest BCUT2D eigenvalue weighted by Crippen LogP contribution is -2.25. The highest BCUT2D eigenvalue weighted by molar-refractivity contribution is 5.87. The molecule has 2 N–H and O–H groups in total. The third-order valence-corrected chi connectivity index (χ3v) is 2.64. The van der Waals surface area contributed by atoms with Crippen LogP contribution < -0.4 is 0 Å². The summed E-state index contributed by atoms with van der Waals surface area (Å²) in [6.45, 7) is 16.3. The van der Waals surface area contributed by atoms with Crippen LogP contribution in [0, 0.1) is 0 Å². The zero-order valence-corrected chi connectivity index (χ0v) is 14.3. The van der Waals surface area contributed by atoms with Crippen molar-refractivity contribution in [2.24, 2.45) is 0 Å². The van der Waals surface area contributed by atoms with Gasteiger partial charge in [0.2, 0.25) is 0 Å². The van der Waals surface area contributed by atoms with Gasteiger partial charge in [-0.1, -0.05) is 20.6 Å². The van der Waals surface area contributed by atoms with E-state index in [1.807, 2.05) is 0 Å². The van der Waals surface area contributed by atoms with E-state index < -0.39 is 36.4 Å². The van der Waals surface area contributed by atoms with Gasteiger partial charge >= 0.3 is 11.9 Å². The molecular weight excluding hydrogens is 300 g/mol. The fraction of sp³-hybridized carbons (Fsp3) is 0.647. The van der Waals surface area contributed by atoms with E-state index in [0.29, 0.717) is 11.1 Å². The predicted octanol–water partition coefficient (Wildman–Crippen LogP) is 2.39. The number of rotatable bonds is 6. The Hall–Kier alpha value is -1.66. The molecule has 0 heterocycles. The van der Waals surface area contributed by atoms with Crippen molar-refractivity contribution in [2.75, 3.05) is 0 Å². The molecule has 23 heavy (non-hydrogen) atoms. The molecule has 0 bridgehead atoms. The molecule has 0 aliphatic carbocycles. The summed E-state index contributed by atoms with van der Waals surface area (Å²) in [6.07, 6.45) is -2.23. The first-order valence-corrected chi connectivity index (χ1v) is 6.99. The minimum atomic E-state index is -0.640. The van der Waals surface area contributed by atoms with Crippen LogP contribution in [-0.2, 0) is 19.1 Å². The lowest BCUT2D eigenvalue weighted by atomic mass is 10.2. The maximum atomic E-state index is 10.8. The van der Waals surface area contributed by atoms with Crippen LogP contribution in [0.3, 0.4) is 0 Å². The lowest BCUT2D eigenvalue weighted by Gasteiger charge is -2.15. The molecule has 0 fully saturated rings. The summed E-state index contributed by atoms with van der Waals surface area (Å²) in [4.78, 5) is 21.6. The van der Waals surface area contributed by atoms with Crippen LogP contribution in [0.25, 0.3) is 0 Å². The Morgan fingerprint density at radius 1 is 0.783 bits per heavy atom. The lowest BCUT2D eigenvalue weighted by molar-refractivity contribution is -0.148. The number of carbonyl (C=O) groups excluding carboxylic acids is 2. The minimum absolute atomic E-state index is 0. The van der Waals surface area contributed by atoms with Crippen LogP contribution in [0.2, 0.25) is 0 Å². The summed E-state index contributed by atoms with van der Waals surface area (Å²) in [7, 11) is 0. The maximum Gasteiger partial charge on any atom is 0.333 e. The maximum absolute atomic E-state index is 10.8. The second-order valence-corrected chi connectivity index (χ2v) is 5.26. The molecule has 6 heteroatoms. The predicted molar refractivity (Wildman–Crippen MR) is 90.8 cm³/mol. The highest BCUT2D eigenvalue weighted by atomic mass is 16.6. The van der Waals surface area contributed by atoms with Crippen molar-refractivity contribution < 1.29 is 29.3 Å². The van der Waals surface area contributed by atoms with E-state index in [1.165, 1.54) is 0 Å². The molecule has 4 unspecified atom stereocenters. The third kappa shape index (κ3) is 13.7. The molecule has 0 aromatic rings. The van der Waals surface area contributed by atoms with Crippen LogP contribution in [0.4, 0.5) is 0 Å². The zero-order chi connectivity index (χ0) is 18.0. The van der Waals surface area contributed by atoms with Gasteiger partial charge in [-0.25, -0.2) is 9.59 Å². The van der Waals surface area contributed by atoms with Crippen molar-refractivity contribution in [3.05, 3.63) is 24.3 Å². The number of esters is 2. The van der Waals surface area contributed by atoms with E-state index in [2.05, 4.69) is 13.2 Å². The smallest absolute Gasteiger partial charge is 0.333 e. The quantitative estimate of drug-likeness (QED) is 0.573. The molecule has 0 aromatic carbocycles. The van der Waals surface area contributed by atoms with Gasteiger partial charge in [-0.05, 0) is 41.5 Å². The molecule has 0 aliphatic rings. The second-order valence-electron chi connectivity index (χ2n) is 5.26. The summed E-state index contributed by atoms with van der Waals surface area (Å²) >= 11 is 0. The van der Waals surface area contributed by atoms with Gasteiger partial charge in [-0.3, -0.25) is 0 Å². The SMILES string of the molecule is C.C=C(C)C(=O)OC(C)C(C)O.C=C(C)C(=O)OC(C)C(C)O. The molecule has 0 radical (unpaired) electrons. The Labute approximate surface area is 139 Å². The average Bonchev–Trinajstić information content (AvgIpc) is 2.38. The van der Waals surface area contributed by atoms with Gasteiger partial charge in [0.1, 0.15) is 12.2 Å². The Morgan fingerprint density at radius 3 is 1.13 bits per heavy atom. The Bertz CT molecular complexity index is 360. The largest absolute Gasteiger partial charge is 0.457 e. The first-order chi connectivity index (χ1) is 9.89. The van der Waals surface area contributed by atoms with E-state index in [1.54, 1.807) is 41.5 Å². The van der Waals surface area contributed by atoms with E-state index >= 15 is 0 Å². The van der Waals surface area contributed by atoms with Gasteiger partial charge in [0.05, 0.1) is 12.2 Å². The fourth-order valence-electron chi connectivity index (χ4n) is 0.736. The number of aliphatic hydroxyl groups is 2.